The summed E-state index contributed by atoms with van der Waals surface area (Å²) in [6, 6.07) is 9.17. The van der Waals surface area contributed by atoms with Crippen LogP contribution in [-0.2, 0) is 9.59 Å². The summed E-state index contributed by atoms with van der Waals surface area (Å²) in [5.74, 6) is -0.253. The Bertz CT molecular complexity index is 1150. The summed E-state index contributed by atoms with van der Waals surface area (Å²) in [7, 11) is 2.69. The van der Waals surface area contributed by atoms with Gasteiger partial charge in [0, 0.05) is 18.7 Å². The van der Waals surface area contributed by atoms with E-state index in [0.717, 1.165) is 4.90 Å². The fourth-order valence-corrected chi connectivity index (χ4v) is 2.91. The van der Waals surface area contributed by atoms with Gasteiger partial charge >= 0.3 is 0 Å². The number of nitrogens with zero attached hydrogens (tertiary/aromatic N) is 3. The van der Waals surface area contributed by atoms with E-state index in [1.165, 1.54) is 45.4 Å². The zero-order chi connectivity index (χ0) is 21.3. The normalized spacial score (nSPS) is 15.7. The molecule has 0 radical (unpaired) electrons. The van der Waals surface area contributed by atoms with Crippen molar-refractivity contribution in [2.24, 2.45) is 0 Å². The zero-order valence-corrected chi connectivity index (χ0v) is 15.8. The van der Waals surface area contributed by atoms with Gasteiger partial charge in [-0.1, -0.05) is 0 Å². The second kappa shape index (κ2) is 7.44. The number of hydrogen-bond acceptors (Lipinski definition) is 7. The number of ether oxygens (including phenoxy) is 1. The molecule has 1 aromatic carbocycles. The minimum atomic E-state index is -0.650. The second-order valence-corrected chi connectivity index (χ2v) is 6.18. The molecule has 29 heavy (non-hydrogen) atoms. The fraction of sp³-hybridized carbons (Fsp3) is 0.150. The number of nitro groups is 1. The molecule has 0 atom stereocenters. The Hall–Kier alpha value is -4.19. The average molecular weight is 393 g/mol. The smallest absolute Gasteiger partial charge is 0.273 e. The van der Waals surface area contributed by atoms with Gasteiger partial charge in [0.25, 0.3) is 17.5 Å². The van der Waals surface area contributed by atoms with Crippen molar-refractivity contribution < 1.29 is 23.7 Å². The number of hydrogen-bond donors (Lipinski definition) is 0. The molecule has 0 saturated carbocycles. The Morgan fingerprint density at radius 1 is 1.24 bits per heavy atom. The van der Waals surface area contributed by atoms with Gasteiger partial charge in [-0.15, -0.1) is 0 Å². The molecular formula is C20H15N3O6. The van der Waals surface area contributed by atoms with Crippen molar-refractivity contribution in [3.8, 4) is 23.1 Å². The molecule has 0 N–H and O–H groups in total. The highest BCUT2D eigenvalue weighted by Crippen LogP contribution is 2.35. The first-order valence-electron chi connectivity index (χ1n) is 8.36. The predicted molar refractivity (Wildman–Crippen MR) is 101 cm³/mol. The lowest BCUT2D eigenvalue weighted by molar-refractivity contribution is -0.384. The molecule has 9 nitrogen and oxygen atoms in total. The Morgan fingerprint density at radius 2 is 1.97 bits per heavy atom. The minimum absolute atomic E-state index is 0.109. The van der Waals surface area contributed by atoms with Gasteiger partial charge in [-0.3, -0.25) is 24.6 Å². The van der Waals surface area contributed by atoms with Crippen LogP contribution in [0.3, 0.4) is 0 Å². The topological polar surface area (TPSA) is 127 Å². The summed E-state index contributed by atoms with van der Waals surface area (Å²) < 4.78 is 11.0. The number of furan rings is 1. The summed E-state index contributed by atoms with van der Waals surface area (Å²) in [6.45, 7) is 1.52. The number of nitro benzene ring substituents is 1. The van der Waals surface area contributed by atoms with E-state index >= 15 is 0 Å². The van der Waals surface area contributed by atoms with Gasteiger partial charge in [0.05, 0.1) is 23.7 Å². The van der Waals surface area contributed by atoms with Crippen LogP contribution in [0.1, 0.15) is 12.7 Å². The first kappa shape index (κ1) is 19.6. The summed E-state index contributed by atoms with van der Waals surface area (Å²) in [6.07, 6.45) is 1.44. The number of rotatable bonds is 4. The molecule has 3 rings (SSSR count). The molecule has 0 spiro atoms. The number of carbonyl (C=O) groups is 2. The van der Waals surface area contributed by atoms with Gasteiger partial charge in [0.2, 0.25) is 0 Å². The number of methoxy groups -OCH3 is 1. The third-order valence-electron chi connectivity index (χ3n) is 4.52. The standard InChI is InChI=1S/C20H15N3O6/c1-11-15(19(24)22(2)20(25)16(11)10-21)9-13-5-7-17(29-13)14-6-4-12(23(26)27)8-18(14)28-3/h4-9H,1-3H3/b15-9+. The van der Waals surface area contributed by atoms with E-state index in [2.05, 4.69) is 0 Å². The molecule has 2 heterocycles. The van der Waals surface area contributed by atoms with Gasteiger partial charge < -0.3 is 9.15 Å². The maximum Gasteiger partial charge on any atom is 0.273 e. The number of carbonyl (C=O) groups excluding carboxylic acids is 2. The van der Waals surface area contributed by atoms with Crippen LogP contribution in [0.15, 0.2) is 51.5 Å². The molecule has 146 valence electrons. The SMILES string of the molecule is COc1cc([N+](=O)[O-])ccc1-c1ccc(/C=C2/C(=O)N(C)C(=O)C(C#N)=C2C)o1. The summed E-state index contributed by atoms with van der Waals surface area (Å²) in [4.78, 5) is 35.8. The molecule has 0 unspecified atom stereocenters. The van der Waals surface area contributed by atoms with Crippen LogP contribution >= 0.6 is 0 Å². The summed E-state index contributed by atoms with van der Waals surface area (Å²) in [5, 5.41) is 20.1. The third kappa shape index (κ3) is 3.39. The maximum atomic E-state index is 12.5. The molecule has 1 aliphatic heterocycles. The minimum Gasteiger partial charge on any atom is -0.496 e. The molecule has 2 amide bonds. The van der Waals surface area contributed by atoms with Crippen LogP contribution < -0.4 is 4.74 Å². The number of imide groups is 1. The van der Waals surface area contributed by atoms with E-state index in [1.54, 1.807) is 12.1 Å². The van der Waals surface area contributed by atoms with Crippen molar-refractivity contribution >= 4 is 23.6 Å². The molecule has 9 heteroatoms. The lowest BCUT2D eigenvalue weighted by atomic mass is 9.95. The Labute approximate surface area is 165 Å². The molecule has 1 aliphatic rings. The first-order chi connectivity index (χ1) is 13.8. The molecule has 1 aromatic heterocycles. The largest absolute Gasteiger partial charge is 0.496 e. The predicted octanol–water partition coefficient (Wildman–Crippen LogP) is 3.09. The van der Waals surface area contributed by atoms with Crippen LogP contribution in [0.2, 0.25) is 0 Å². The van der Waals surface area contributed by atoms with Crippen molar-refractivity contribution in [2.45, 2.75) is 6.92 Å². The van der Waals surface area contributed by atoms with Gasteiger partial charge in [0.15, 0.2) is 0 Å². The number of nitriles is 1. The lowest BCUT2D eigenvalue weighted by Crippen LogP contribution is -2.39. The maximum absolute atomic E-state index is 12.5. The van der Waals surface area contributed by atoms with Crippen molar-refractivity contribution in [2.75, 3.05) is 14.2 Å². The Balaban J connectivity index is 2.04. The van der Waals surface area contributed by atoms with Gasteiger partial charge in [0.1, 0.15) is 28.9 Å². The molecule has 0 saturated heterocycles. The number of amides is 2. The molecule has 0 fully saturated rings. The van der Waals surface area contributed by atoms with Crippen molar-refractivity contribution in [1.82, 2.24) is 4.90 Å². The van der Waals surface area contributed by atoms with E-state index < -0.39 is 16.7 Å². The van der Waals surface area contributed by atoms with E-state index in [-0.39, 0.29) is 28.2 Å². The number of benzene rings is 1. The number of non-ortho nitro benzene ring substituents is 1. The van der Waals surface area contributed by atoms with E-state index in [9.17, 15) is 25.0 Å². The van der Waals surface area contributed by atoms with Crippen LogP contribution in [0.5, 0.6) is 5.75 Å². The third-order valence-corrected chi connectivity index (χ3v) is 4.52. The quantitative estimate of drug-likeness (QED) is 0.338. The van der Waals surface area contributed by atoms with E-state index in [1.807, 2.05) is 6.07 Å². The second-order valence-electron chi connectivity index (χ2n) is 6.18. The zero-order valence-electron chi connectivity index (χ0n) is 15.8. The highest BCUT2D eigenvalue weighted by molar-refractivity contribution is 6.19. The van der Waals surface area contributed by atoms with E-state index in [0.29, 0.717) is 17.1 Å². The Morgan fingerprint density at radius 3 is 2.59 bits per heavy atom. The first-order valence-corrected chi connectivity index (χ1v) is 8.36. The number of likely N-dealkylation sites (N-methyl/N-ethyl adjacent to an activating group) is 1. The van der Waals surface area contributed by atoms with Crippen molar-refractivity contribution in [3.05, 3.63) is 62.9 Å². The fourth-order valence-electron chi connectivity index (χ4n) is 2.91. The van der Waals surface area contributed by atoms with Gasteiger partial charge in [-0.2, -0.15) is 5.26 Å². The van der Waals surface area contributed by atoms with E-state index in [4.69, 9.17) is 9.15 Å². The van der Waals surface area contributed by atoms with Crippen LogP contribution in [0.4, 0.5) is 5.69 Å². The Kier molecular flexibility index (Phi) is 5.02. The lowest BCUT2D eigenvalue weighted by Gasteiger charge is -2.23. The monoisotopic (exact) mass is 393 g/mol. The van der Waals surface area contributed by atoms with Crippen LogP contribution in [-0.4, -0.2) is 35.8 Å². The summed E-state index contributed by atoms with van der Waals surface area (Å²) in [5.41, 5.74) is 0.702. The van der Waals surface area contributed by atoms with Gasteiger partial charge in [-0.25, -0.2) is 0 Å². The highest BCUT2D eigenvalue weighted by atomic mass is 16.6. The molecule has 0 aliphatic carbocycles. The summed E-state index contributed by atoms with van der Waals surface area (Å²) >= 11 is 0. The molecular weight excluding hydrogens is 378 g/mol. The van der Waals surface area contributed by atoms with Crippen molar-refractivity contribution in [1.29, 1.82) is 5.26 Å². The van der Waals surface area contributed by atoms with Crippen LogP contribution in [0, 0.1) is 21.4 Å². The average Bonchev–Trinajstić information content (AvgIpc) is 3.18. The molecule has 0 bridgehead atoms. The van der Waals surface area contributed by atoms with Crippen LogP contribution in [0.25, 0.3) is 17.4 Å². The molecule has 2 aromatic rings. The van der Waals surface area contributed by atoms with Crippen molar-refractivity contribution in [3.63, 3.8) is 0 Å². The highest BCUT2D eigenvalue weighted by Gasteiger charge is 2.33. The van der Waals surface area contributed by atoms with Gasteiger partial charge in [-0.05, 0) is 36.8 Å².